The lowest BCUT2D eigenvalue weighted by Gasteiger charge is -2.35. The molecule has 1 unspecified atom stereocenters. The number of hydrogen-bond donors (Lipinski definition) is 1. The molecule has 0 bridgehead atoms. The van der Waals surface area contributed by atoms with Crippen LogP contribution in [0.5, 0.6) is 11.5 Å². The highest BCUT2D eigenvalue weighted by Crippen LogP contribution is 2.32. The Kier molecular flexibility index (Phi) is 6.32. The number of hydrogen-bond acceptors (Lipinski definition) is 5. The zero-order valence-corrected chi connectivity index (χ0v) is 16.9. The number of carbonyl (C=O) groups is 1. The second kappa shape index (κ2) is 9.29. The third-order valence-electron chi connectivity index (χ3n) is 5.52. The van der Waals surface area contributed by atoms with Crippen molar-refractivity contribution >= 4 is 5.91 Å². The largest absolute Gasteiger partial charge is 0.454 e. The molecular formula is C23H28N2O4. The fraction of sp³-hybridized carbons (Fsp3) is 0.435. The van der Waals surface area contributed by atoms with Crippen LogP contribution in [0, 0.1) is 6.92 Å². The fourth-order valence-corrected chi connectivity index (χ4v) is 3.79. The molecule has 2 aliphatic rings. The van der Waals surface area contributed by atoms with Gasteiger partial charge in [-0.15, -0.1) is 0 Å². The van der Waals surface area contributed by atoms with Gasteiger partial charge in [-0.3, -0.25) is 9.69 Å². The van der Waals surface area contributed by atoms with E-state index in [0.717, 1.165) is 43.4 Å². The highest BCUT2D eigenvalue weighted by atomic mass is 16.7. The van der Waals surface area contributed by atoms with Crippen LogP contribution in [0.1, 0.15) is 29.2 Å². The standard InChI is InChI=1S/C23H28N2O4/c1-17-2-6-19(7-3-17)20(25-10-12-27-13-11-25)15-24-23(26)9-5-18-4-8-21-22(14-18)29-16-28-21/h2-4,6-8,14,20H,5,9-13,15-16H2,1H3,(H,24,26). The maximum absolute atomic E-state index is 12.5. The summed E-state index contributed by atoms with van der Waals surface area (Å²) in [5.41, 5.74) is 3.54. The first-order valence-corrected chi connectivity index (χ1v) is 10.2. The summed E-state index contributed by atoms with van der Waals surface area (Å²) < 4.78 is 16.2. The highest BCUT2D eigenvalue weighted by molar-refractivity contribution is 5.76. The third kappa shape index (κ3) is 5.08. The number of amides is 1. The second-order valence-corrected chi connectivity index (χ2v) is 7.57. The van der Waals surface area contributed by atoms with Crippen molar-refractivity contribution in [2.75, 3.05) is 39.6 Å². The van der Waals surface area contributed by atoms with Crippen molar-refractivity contribution in [3.63, 3.8) is 0 Å². The molecule has 2 aromatic carbocycles. The molecule has 1 amide bonds. The van der Waals surface area contributed by atoms with Gasteiger partial charge in [-0.25, -0.2) is 0 Å². The van der Waals surface area contributed by atoms with E-state index in [9.17, 15) is 4.79 Å². The minimum Gasteiger partial charge on any atom is -0.454 e. The Bertz CT molecular complexity index is 831. The number of benzene rings is 2. The van der Waals surface area contributed by atoms with Gasteiger partial charge in [0, 0.05) is 26.1 Å². The van der Waals surface area contributed by atoms with E-state index < -0.39 is 0 Å². The van der Waals surface area contributed by atoms with Crippen LogP contribution in [0.15, 0.2) is 42.5 Å². The quantitative estimate of drug-likeness (QED) is 0.780. The molecule has 1 saturated heterocycles. The van der Waals surface area contributed by atoms with Crippen molar-refractivity contribution < 1.29 is 19.0 Å². The van der Waals surface area contributed by atoms with E-state index in [0.29, 0.717) is 19.4 Å². The third-order valence-corrected chi connectivity index (χ3v) is 5.52. The maximum Gasteiger partial charge on any atom is 0.231 e. The van der Waals surface area contributed by atoms with Crippen molar-refractivity contribution in [3.05, 3.63) is 59.2 Å². The van der Waals surface area contributed by atoms with Gasteiger partial charge in [-0.05, 0) is 36.6 Å². The number of carbonyl (C=O) groups excluding carboxylic acids is 1. The first-order valence-electron chi connectivity index (χ1n) is 10.2. The van der Waals surface area contributed by atoms with Gasteiger partial charge in [-0.2, -0.15) is 0 Å². The molecule has 29 heavy (non-hydrogen) atoms. The number of morpholine rings is 1. The van der Waals surface area contributed by atoms with Crippen molar-refractivity contribution in [2.24, 2.45) is 0 Å². The lowest BCUT2D eigenvalue weighted by molar-refractivity contribution is -0.121. The number of rotatable bonds is 7. The van der Waals surface area contributed by atoms with E-state index in [1.165, 1.54) is 11.1 Å². The predicted molar refractivity (Wildman–Crippen MR) is 110 cm³/mol. The molecule has 1 fully saturated rings. The first-order chi connectivity index (χ1) is 14.2. The Hall–Kier alpha value is -2.57. The van der Waals surface area contributed by atoms with Crippen molar-refractivity contribution in [1.82, 2.24) is 10.2 Å². The molecule has 1 atom stereocenters. The van der Waals surface area contributed by atoms with Crippen LogP contribution in [-0.2, 0) is 16.0 Å². The number of fused-ring (bicyclic) bond motifs is 1. The Balaban J connectivity index is 1.33. The summed E-state index contributed by atoms with van der Waals surface area (Å²) in [6, 6.07) is 14.6. The van der Waals surface area contributed by atoms with Crippen molar-refractivity contribution in [1.29, 1.82) is 0 Å². The fourth-order valence-electron chi connectivity index (χ4n) is 3.79. The molecule has 2 heterocycles. The van der Waals surface area contributed by atoms with E-state index in [2.05, 4.69) is 41.4 Å². The molecule has 0 aliphatic carbocycles. The lowest BCUT2D eigenvalue weighted by Crippen LogP contribution is -2.43. The van der Waals surface area contributed by atoms with Crippen LogP contribution in [-0.4, -0.2) is 50.4 Å². The van der Waals surface area contributed by atoms with Crippen molar-refractivity contribution in [2.45, 2.75) is 25.8 Å². The smallest absolute Gasteiger partial charge is 0.231 e. The molecule has 1 N–H and O–H groups in total. The van der Waals surface area contributed by atoms with Crippen LogP contribution in [0.2, 0.25) is 0 Å². The summed E-state index contributed by atoms with van der Waals surface area (Å²) in [7, 11) is 0. The average molecular weight is 396 g/mol. The van der Waals surface area contributed by atoms with Gasteiger partial charge in [0.15, 0.2) is 11.5 Å². The lowest BCUT2D eigenvalue weighted by atomic mass is 10.0. The minimum absolute atomic E-state index is 0.0630. The highest BCUT2D eigenvalue weighted by Gasteiger charge is 2.23. The number of nitrogens with zero attached hydrogens (tertiary/aromatic N) is 1. The monoisotopic (exact) mass is 396 g/mol. The van der Waals surface area contributed by atoms with Gasteiger partial charge in [0.1, 0.15) is 0 Å². The normalized spacial score (nSPS) is 17.1. The second-order valence-electron chi connectivity index (χ2n) is 7.57. The Morgan fingerprint density at radius 2 is 1.83 bits per heavy atom. The molecular weight excluding hydrogens is 368 g/mol. The summed E-state index contributed by atoms with van der Waals surface area (Å²) in [6.45, 7) is 6.19. The molecule has 0 saturated carbocycles. The summed E-state index contributed by atoms with van der Waals surface area (Å²) in [4.78, 5) is 14.9. The zero-order valence-electron chi connectivity index (χ0n) is 16.9. The van der Waals surface area contributed by atoms with Crippen LogP contribution in [0.25, 0.3) is 0 Å². The molecule has 4 rings (SSSR count). The van der Waals surface area contributed by atoms with Crippen LogP contribution in [0.3, 0.4) is 0 Å². The summed E-state index contributed by atoms with van der Waals surface area (Å²) in [6.07, 6.45) is 1.12. The maximum atomic E-state index is 12.5. The summed E-state index contributed by atoms with van der Waals surface area (Å²) >= 11 is 0. The summed E-state index contributed by atoms with van der Waals surface area (Å²) in [5.74, 6) is 1.59. The molecule has 6 nitrogen and oxygen atoms in total. The average Bonchev–Trinajstić information content (AvgIpc) is 3.22. The topological polar surface area (TPSA) is 60.0 Å². The molecule has 6 heteroatoms. The van der Waals surface area contributed by atoms with Gasteiger partial charge in [0.25, 0.3) is 0 Å². The SMILES string of the molecule is Cc1ccc(C(CNC(=O)CCc2ccc3c(c2)OCO3)N2CCOCC2)cc1. The van der Waals surface area contributed by atoms with Gasteiger partial charge in [0.2, 0.25) is 12.7 Å². The van der Waals surface area contributed by atoms with E-state index in [1.807, 2.05) is 18.2 Å². The molecule has 0 spiro atoms. The van der Waals surface area contributed by atoms with Crippen molar-refractivity contribution in [3.8, 4) is 11.5 Å². The van der Waals surface area contributed by atoms with E-state index in [1.54, 1.807) is 0 Å². The van der Waals surface area contributed by atoms with E-state index >= 15 is 0 Å². The van der Waals surface area contributed by atoms with E-state index in [-0.39, 0.29) is 18.7 Å². The van der Waals surface area contributed by atoms with Crippen LogP contribution >= 0.6 is 0 Å². The van der Waals surface area contributed by atoms with Gasteiger partial charge in [0.05, 0.1) is 19.3 Å². The molecule has 154 valence electrons. The Labute approximate surface area is 171 Å². The molecule has 2 aliphatic heterocycles. The minimum atomic E-state index is 0.0630. The van der Waals surface area contributed by atoms with Gasteiger partial charge < -0.3 is 19.5 Å². The predicted octanol–water partition coefficient (Wildman–Crippen LogP) is 2.85. The summed E-state index contributed by atoms with van der Waals surface area (Å²) in [5, 5.41) is 3.14. The molecule has 2 aromatic rings. The molecule has 0 radical (unpaired) electrons. The number of nitrogens with one attached hydrogen (secondary N) is 1. The molecule has 0 aromatic heterocycles. The first kappa shape index (κ1) is 19.7. The van der Waals surface area contributed by atoms with Crippen LogP contribution in [0.4, 0.5) is 0 Å². The van der Waals surface area contributed by atoms with Gasteiger partial charge in [-0.1, -0.05) is 35.9 Å². The van der Waals surface area contributed by atoms with Gasteiger partial charge >= 0.3 is 0 Å². The zero-order chi connectivity index (χ0) is 20.1. The van der Waals surface area contributed by atoms with E-state index in [4.69, 9.17) is 14.2 Å². The number of ether oxygens (including phenoxy) is 3. The number of aryl methyl sites for hydroxylation is 2. The van der Waals surface area contributed by atoms with Crippen LogP contribution < -0.4 is 14.8 Å². The Morgan fingerprint density at radius 1 is 1.07 bits per heavy atom. The Morgan fingerprint density at radius 3 is 2.62 bits per heavy atom.